The molecular weight excluding hydrogens is 446 g/mol. The molecule has 2 N–H and O–H groups in total. The van der Waals surface area contributed by atoms with Crippen LogP contribution in [-0.4, -0.2) is 44.7 Å². The molecular formula is C21H17ClF2N4O4. The summed E-state index contributed by atoms with van der Waals surface area (Å²) < 4.78 is 30.8. The molecule has 32 heavy (non-hydrogen) atoms. The van der Waals surface area contributed by atoms with Gasteiger partial charge < -0.3 is 15.4 Å². The molecule has 166 valence electrons. The Morgan fingerprint density at radius 2 is 1.84 bits per heavy atom. The van der Waals surface area contributed by atoms with E-state index in [1.54, 1.807) is 12.1 Å². The molecule has 4 aliphatic rings. The van der Waals surface area contributed by atoms with E-state index < -0.39 is 35.2 Å². The van der Waals surface area contributed by atoms with E-state index in [0.29, 0.717) is 35.6 Å². The number of halogens is 3. The van der Waals surface area contributed by atoms with Gasteiger partial charge in [0.25, 0.3) is 18.2 Å². The molecule has 0 saturated heterocycles. The van der Waals surface area contributed by atoms with E-state index in [4.69, 9.17) is 16.3 Å². The zero-order chi connectivity index (χ0) is 22.7. The van der Waals surface area contributed by atoms with Gasteiger partial charge in [-0.1, -0.05) is 11.6 Å². The number of carbonyl (C=O) groups excluding carboxylic acids is 3. The summed E-state index contributed by atoms with van der Waals surface area (Å²) >= 11 is 5.91. The number of Topliss-reactive ketones (excluding diaryl/α,β-unsaturated/α-hetero) is 1. The van der Waals surface area contributed by atoms with E-state index in [1.807, 2.05) is 0 Å². The van der Waals surface area contributed by atoms with Crippen molar-refractivity contribution in [3.05, 3.63) is 52.6 Å². The number of ether oxygens (including phenoxy) is 1. The van der Waals surface area contributed by atoms with Gasteiger partial charge >= 0.3 is 0 Å². The number of fused-ring (bicyclic) bond motifs is 1. The fourth-order valence-electron chi connectivity index (χ4n) is 4.71. The van der Waals surface area contributed by atoms with Crippen molar-refractivity contribution in [2.24, 2.45) is 0 Å². The largest absolute Gasteiger partial charge is 0.479 e. The fraction of sp³-hybridized carbons (Fsp3) is 0.381. The maximum absolute atomic E-state index is 12.7. The van der Waals surface area contributed by atoms with Gasteiger partial charge in [-0.05, 0) is 37.5 Å². The van der Waals surface area contributed by atoms with Crippen molar-refractivity contribution >= 4 is 29.2 Å². The first kappa shape index (κ1) is 20.7. The van der Waals surface area contributed by atoms with Gasteiger partial charge in [0.1, 0.15) is 17.1 Å². The summed E-state index contributed by atoms with van der Waals surface area (Å²) in [5, 5.41) is 6.21. The van der Waals surface area contributed by atoms with E-state index in [1.165, 1.54) is 6.07 Å². The first-order chi connectivity index (χ1) is 15.2. The summed E-state index contributed by atoms with van der Waals surface area (Å²) in [6, 6.07) is 4.68. The predicted octanol–water partition coefficient (Wildman–Crippen LogP) is 2.62. The van der Waals surface area contributed by atoms with Gasteiger partial charge in [0, 0.05) is 16.1 Å². The maximum atomic E-state index is 12.7. The smallest absolute Gasteiger partial charge is 0.281 e. The van der Waals surface area contributed by atoms with Crippen LogP contribution in [0.1, 0.15) is 58.6 Å². The van der Waals surface area contributed by atoms with Gasteiger partial charge in [-0.2, -0.15) is 0 Å². The lowest BCUT2D eigenvalue weighted by atomic mass is 9.44. The summed E-state index contributed by atoms with van der Waals surface area (Å²) in [6.07, 6.45) is -0.310. The molecule has 3 fully saturated rings. The van der Waals surface area contributed by atoms with Crippen molar-refractivity contribution in [2.45, 2.75) is 49.3 Å². The van der Waals surface area contributed by atoms with Crippen molar-refractivity contribution in [1.29, 1.82) is 0 Å². The SMILES string of the molecule is O=C(NC12CC(NC(=O)C3CC(=O)c4cc(Cl)ccc4O3)(C1)C2)c1cnc(C(F)F)cn1. The second kappa shape index (κ2) is 7.19. The molecule has 8 nitrogen and oxygen atoms in total. The van der Waals surface area contributed by atoms with Crippen LogP contribution in [-0.2, 0) is 4.79 Å². The van der Waals surface area contributed by atoms with Crippen LogP contribution >= 0.6 is 11.6 Å². The topological polar surface area (TPSA) is 110 Å². The van der Waals surface area contributed by atoms with Gasteiger partial charge in [-0.25, -0.2) is 13.8 Å². The number of benzene rings is 1. The Labute approximate surface area is 185 Å². The number of ketones is 1. The minimum absolute atomic E-state index is 0.0508. The Bertz CT molecular complexity index is 1120. The molecule has 2 aromatic rings. The Balaban J connectivity index is 1.16. The highest BCUT2D eigenvalue weighted by Gasteiger charge is 2.69. The molecule has 2 bridgehead atoms. The number of nitrogens with zero attached hydrogens (tertiary/aromatic N) is 2. The average Bonchev–Trinajstić information content (AvgIpc) is 2.71. The van der Waals surface area contributed by atoms with Gasteiger partial charge in [0.15, 0.2) is 11.9 Å². The normalized spacial score (nSPS) is 27.5. The highest BCUT2D eigenvalue weighted by molar-refractivity contribution is 6.31. The lowest BCUT2D eigenvalue weighted by Crippen LogP contribution is -2.84. The third kappa shape index (κ3) is 3.48. The zero-order valence-corrected chi connectivity index (χ0v) is 17.3. The van der Waals surface area contributed by atoms with E-state index >= 15 is 0 Å². The molecule has 3 aliphatic carbocycles. The molecule has 1 atom stereocenters. The summed E-state index contributed by atoms with van der Waals surface area (Å²) in [5.41, 5.74) is -1.12. The number of hydrogen-bond acceptors (Lipinski definition) is 6. The van der Waals surface area contributed by atoms with Crippen LogP contribution in [0.3, 0.4) is 0 Å². The predicted molar refractivity (Wildman–Crippen MR) is 107 cm³/mol. The van der Waals surface area contributed by atoms with E-state index in [0.717, 1.165) is 12.4 Å². The highest BCUT2D eigenvalue weighted by Crippen LogP contribution is 2.60. The van der Waals surface area contributed by atoms with Crippen LogP contribution in [0.2, 0.25) is 5.02 Å². The molecule has 2 heterocycles. The first-order valence-electron chi connectivity index (χ1n) is 9.92. The second-order valence-corrected chi connectivity index (χ2v) is 8.97. The maximum Gasteiger partial charge on any atom is 0.281 e. The third-order valence-corrected chi connectivity index (χ3v) is 6.33. The van der Waals surface area contributed by atoms with E-state index in [2.05, 4.69) is 20.6 Å². The average molecular weight is 463 g/mol. The lowest BCUT2D eigenvalue weighted by molar-refractivity contribution is -0.145. The summed E-state index contributed by atoms with van der Waals surface area (Å²) in [4.78, 5) is 44.7. The van der Waals surface area contributed by atoms with Gasteiger partial charge in [-0.15, -0.1) is 0 Å². The monoisotopic (exact) mass is 462 g/mol. The van der Waals surface area contributed by atoms with E-state index in [9.17, 15) is 23.2 Å². The number of nitrogens with one attached hydrogen (secondary N) is 2. The van der Waals surface area contributed by atoms with Crippen molar-refractivity contribution in [3.63, 3.8) is 0 Å². The minimum Gasteiger partial charge on any atom is -0.479 e. The van der Waals surface area contributed by atoms with Crippen molar-refractivity contribution in [2.75, 3.05) is 0 Å². The van der Waals surface area contributed by atoms with Crippen molar-refractivity contribution in [3.8, 4) is 5.75 Å². The summed E-state index contributed by atoms with van der Waals surface area (Å²) in [6.45, 7) is 0. The van der Waals surface area contributed by atoms with Gasteiger partial charge in [0.05, 0.1) is 24.4 Å². The second-order valence-electron chi connectivity index (χ2n) is 8.54. The molecule has 1 aliphatic heterocycles. The molecule has 6 rings (SSSR count). The number of amides is 2. The fourth-order valence-corrected chi connectivity index (χ4v) is 4.88. The third-order valence-electron chi connectivity index (χ3n) is 6.10. The summed E-state index contributed by atoms with van der Waals surface area (Å²) in [7, 11) is 0. The lowest BCUT2D eigenvalue weighted by Gasteiger charge is -2.70. The Kier molecular flexibility index (Phi) is 4.66. The Morgan fingerprint density at radius 1 is 1.12 bits per heavy atom. The number of aromatic nitrogens is 2. The molecule has 1 aromatic carbocycles. The standard InChI is InChI=1S/C21H17ClF2N4O4/c22-10-1-2-15-11(3-10)14(29)4-16(32-15)19(31)28-21-7-20(8-21,9-21)27-18(30)13-6-25-12(5-26-13)17(23)24/h1-3,5-6,16-17H,4,7-9H2,(H,27,30)(H,28,31). The van der Waals surface area contributed by atoms with Crippen molar-refractivity contribution < 1.29 is 27.9 Å². The Hall–Kier alpha value is -3.14. The number of hydrogen-bond donors (Lipinski definition) is 2. The highest BCUT2D eigenvalue weighted by atomic mass is 35.5. The molecule has 2 amide bonds. The van der Waals surface area contributed by atoms with Crippen LogP contribution in [0.4, 0.5) is 8.78 Å². The quantitative estimate of drug-likeness (QED) is 0.706. The zero-order valence-electron chi connectivity index (χ0n) is 16.5. The van der Waals surface area contributed by atoms with Gasteiger partial charge in [0.2, 0.25) is 0 Å². The van der Waals surface area contributed by atoms with Crippen molar-refractivity contribution in [1.82, 2.24) is 20.6 Å². The van der Waals surface area contributed by atoms with Crippen LogP contribution in [0.25, 0.3) is 0 Å². The number of carbonyl (C=O) groups is 3. The van der Waals surface area contributed by atoms with E-state index in [-0.39, 0.29) is 23.8 Å². The van der Waals surface area contributed by atoms with Crippen LogP contribution in [0, 0.1) is 0 Å². The molecule has 1 unspecified atom stereocenters. The van der Waals surface area contributed by atoms with Gasteiger partial charge in [-0.3, -0.25) is 19.4 Å². The van der Waals surface area contributed by atoms with Crippen LogP contribution in [0.5, 0.6) is 5.75 Å². The molecule has 3 saturated carbocycles. The summed E-state index contributed by atoms with van der Waals surface area (Å²) in [5.74, 6) is -0.776. The Morgan fingerprint density at radius 3 is 2.50 bits per heavy atom. The molecule has 0 spiro atoms. The van der Waals surface area contributed by atoms with Crippen LogP contribution < -0.4 is 15.4 Å². The first-order valence-corrected chi connectivity index (χ1v) is 10.3. The molecule has 11 heteroatoms. The number of alkyl halides is 2. The minimum atomic E-state index is -2.75. The number of rotatable bonds is 5. The molecule has 1 aromatic heterocycles. The molecule has 0 radical (unpaired) electrons. The van der Waals surface area contributed by atoms with Crippen LogP contribution in [0.15, 0.2) is 30.6 Å².